The molecule has 4 aliphatic heterocycles. The van der Waals surface area contributed by atoms with Gasteiger partial charge in [0.25, 0.3) is 0 Å². The molecule has 0 aromatic carbocycles. The average molecular weight is 742 g/mol. The number of ketones is 1. The highest BCUT2D eigenvalue weighted by atomic mass is 16.4. The summed E-state index contributed by atoms with van der Waals surface area (Å²) in [6.45, 7) is 6.17. The maximum absolute atomic E-state index is 13.6. The molecule has 0 bridgehead atoms. The standard InChI is InChI=1S/C34H55N7O11/c1-38-15-17-39(19-20-41(25-31(48)49)22-21-40(18-16-38,24-30(46)47)34(38,39)41)23-26(42)9-4-2-3-5-11-28(43)35-13-7-6-10-27(32(50)51)37-33(52)36-14-8-12-29(44)45/h27H,2-25H2,1H3,(H3-4,35,36,37,43,44,45,46,47,48,49,50,51,52)/p+4/t27-,34-,38?,39?,40?,41?/m0/s1. The topological polar surface area (TPSA) is 236 Å². The lowest BCUT2D eigenvalue weighted by molar-refractivity contribution is -1.36. The maximum atomic E-state index is 13.6. The summed E-state index contributed by atoms with van der Waals surface area (Å²) in [7, 11) is 2.15. The Morgan fingerprint density at radius 1 is 0.577 bits per heavy atom. The fraction of sp³-hybridized carbons (Fsp3) is 0.794. The van der Waals surface area contributed by atoms with Gasteiger partial charge in [0.15, 0.2) is 25.4 Å². The molecular weight excluding hydrogens is 682 g/mol. The van der Waals surface area contributed by atoms with E-state index in [1.54, 1.807) is 0 Å². The lowest BCUT2D eigenvalue weighted by Gasteiger charge is -2.49. The number of nitrogens with zero attached hydrogens (tertiary/aromatic N) is 4. The summed E-state index contributed by atoms with van der Waals surface area (Å²) in [5, 5.41) is 45.7. The minimum Gasteiger partial charge on any atom is -0.481 e. The lowest BCUT2D eigenvalue weighted by atomic mass is 10.1. The molecule has 4 fully saturated rings. The minimum absolute atomic E-state index is 0.0576. The minimum atomic E-state index is -1.18. The number of amides is 3. The van der Waals surface area contributed by atoms with Crippen molar-refractivity contribution in [2.75, 3.05) is 92.1 Å². The van der Waals surface area contributed by atoms with E-state index >= 15 is 0 Å². The van der Waals surface area contributed by atoms with Gasteiger partial charge in [0.1, 0.15) is 58.4 Å². The first kappa shape index (κ1) is 40.9. The zero-order valence-corrected chi connectivity index (χ0v) is 30.5. The van der Waals surface area contributed by atoms with E-state index in [0.717, 1.165) is 32.5 Å². The monoisotopic (exact) mass is 741 g/mol. The molecule has 0 aliphatic carbocycles. The number of urea groups is 1. The van der Waals surface area contributed by atoms with Crippen LogP contribution in [0.15, 0.2) is 0 Å². The van der Waals surface area contributed by atoms with Crippen LogP contribution in [0.4, 0.5) is 4.79 Å². The molecule has 4 saturated heterocycles. The molecule has 7 N–H and O–H groups in total. The van der Waals surface area contributed by atoms with Crippen molar-refractivity contribution in [3.05, 3.63) is 0 Å². The van der Waals surface area contributed by atoms with Crippen LogP contribution >= 0.6 is 0 Å². The molecule has 52 heavy (non-hydrogen) atoms. The Hall–Kier alpha value is -3.87. The fourth-order valence-corrected chi connectivity index (χ4v) is 10.5. The summed E-state index contributed by atoms with van der Waals surface area (Å²) >= 11 is 0. The second kappa shape index (κ2) is 16.9. The summed E-state index contributed by atoms with van der Waals surface area (Å²) in [6, 6.07) is -1.78. The van der Waals surface area contributed by atoms with Gasteiger partial charge in [0, 0.05) is 32.4 Å². The summed E-state index contributed by atoms with van der Waals surface area (Å²) in [5.74, 6) is -4.61. The van der Waals surface area contributed by atoms with Gasteiger partial charge in [-0.05, 0) is 38.5 Å². The van der Waals surface area contributed by atoms with E-state index in [9.17, 15) is 48.9 Å². The maximum Gasteiger partial charge on any atom is 0.482 e. The van der Waals surface area contributed by atoms with Crippen LogP contribution in [-0.2, 0) is 28.8 Å². The van der Waals surface area contributed by atoms with Crippen LogP contribution in [0.25, 0.3) is 0 Å². The lowest BCUT2D eigenvalue weighted by Crippen LogP contribution is -2.85. The van der Waals surface area contributed by atoms with Gasteiger partial charge in [-0.25, -0.2) is 19.2 Å². The number of unbranched alkanes of at least 4 members (excludes halogenated alkanes) is 4. The molecule has 0 aromatic heterocycles. The number of quaternary nitrogens is 4. The van der Waals surface area contributed by atoms with E-state index < -0.39 is 41.9 Å². The number of hydrogen-bond acceptors (Lipinski definition) is 7. The van der Waals surface area contributed by atoms with Gasteiger partial charge >= 0.3 is 35.8 Å². The Labute approximate surface area is 304 Å². The molecule has 18 nitrogen and oxygen atoms in total. The second-order valence-corrected chi connectivity index (χ2v) is 15.6. The largest absolute Gasteiger partial charge is 0.482 e. The van der Waals surface area contributed by atoms with Crippen molar-refractivity contribution in [3.63, 3.8) is 0 Å². The summed E-state index contributed by atoms with van der Waals surface area (Å²) in [4.78, 5) is 84.4. The predicted molar refractivity (Wildman–Crippen MR) is 183 cm³/mol. The second-order valence-electron chi connectivity index (χ2n) is 15.6. The van der Waals surface area contributed by atoms with Crippen LogP contribution in [0, 0.1) is 0 Å². The first-order chi connectivity index (χ1) is 24.6. The van der Waals surface area contributed by atoms with Gasteiger partial charge in [-0.15, -0.1) is 8.97 Å². The molecule has 4 rings (SSSR count). The number of carboxylic acid groups (broad SMARTS) is 4. The SMILES string of the molecule is C[N+]12CC[N+]3(CC(=O)O)CC[N+]4(CC(=O)O)CC[N+](CC(=O)CCCCCCC(=O)NCCCC[C@H](NC(=O)NCCCC(=O)O)C(=O)O)(CC1)[C@@]234. The van der Waals surface area contributed by atoms with Crippen LogP contribution in [0.3, 0.4) is 0 Å². The molecule has 4 heterocycles. The number of rotatable bonds is 24. The number of carbonyl (C=O) groups excluding carboxylic acids is 3. The van der Waals surface area contributed by atoms with Crippen LogP contribution in [-0.4, -0.2) is 184 Å². The molecule has 4 aliphatic rings. The van der Waals surface area contributed by atoms with E-state index in [1.807, 2.05) is 0 Å². The number of likely N-dealkylation sites (N-methyl/N-ethyl adjacent to an activating group) is 1. The van der Waals surface area contributed by atoms with Crippen molar-refractivity contribution in [2.24, 2.45) is 0 Å². The molecule has 0 radical (unpaired) electrons. The number of aliphatic carboxylic acids is 4. The van der Waals surface area contributed by atoms with Crippen LogP contribution in [0.5, 0.6) is 0 Å². The van der Waals surface area contributed by atoms with Crippen molar-refractivity contribution in [1.29, 1.82) is 0 Å². The van der Waals surface area contributed by atoms with Crippen molar-refractivity contribution >= 4 is 41.6 Å². The van der Waals surface area contributed by atoms with E-state index in [2.05, 4.69) is 23.0 Å². The smallest absolute Gasteiger partial charge is 0.481 e. The molecule has 3 amide bonds. The van der Waals surface area contributed by atoms with Gasteiger partial charge in [-0.3, -0.25) is 14.4 Å². The predicted octanol–water partition coefficient (Wildman–Crippen LogP) is -0.468. The molecule has 0 saturated carbocycles. The first-order valence-corrected chi connectivity index (χ1v) is 18.7. The van der Waals surface area contributed by atoms with Crippen LogP contribution in [0.1, 0.15) is 70.6 Å². The number of Topliss-reactive ketones (excluding diaryl/α,β-unsaturated/α-hetero) is 1. The Morgan fingerprint density at radius 2 is 1.10 bits per heavy atom. The van der Waals surface area contributed by atoms with Crippen LogP contribution < -0.4 is 16.0 Å². The van der Waals surface area contributed by atoms with Crippen molar-refractivity contribution < 1.29 is 71.9 Å². The van der Waals surface area contributed by atoms with Crippen molar-refractivity contribution in [3.8, 4) is 0 Å². The van der Waals surface area contributed by atoms with Gasteiger partial charge < -0.3 is 36.4 Å². The summed E-state index contributed by atoms with van der Waals surface area (Å²) in [5.41, 5.74) is 0. The van der Waals surface area contributed by atoms with E-state index in [-0.39, 0.29) is 50.6 Å². The Morgan fingerprint density at radius 3 is 1.63 bits per heavy atom. The number of hydrogen-bond donors (Lipinski definition) is 7. The number of carboxylic acids is 4. The summed E-state index contributed by atoms with van der Waals surface area (Å²) < 4.78 is 1.78. The number of carbonyl (C=O) groups is 7. The number of nitrogens with one attached hydrogen (secondary N) is 3. The van der Waals surface area contributed by atoms with Crippen molar-refractivity contribution in [2.45, 2.75) is 82.6 Å². The highest BCUT2D eigenvalue weighted by molar-refractivity contribution is 5.82. The molecule has 18 heteroatoms. The van der Waals surface area contributed by atoms with Gasteiger partial charge in [0.05, 0.1) is 7.05 Å². The molecule has 292 valence electrons. The fourth-order valence-electron chi connectivity index (χ4n) is 10.5. The van der Waals surface area contributed by atoms with E-state index in [0.29, 0.717) is 102 Å². The Balaban J connectivity index is 1.15. The molecule has 4 unspecified atom stereocenters. The van der Waals surface area contributed by atoms with Crippen molar-refractivity contribution in [1.82, 2.24) is 16.0 Å². The molecule has 6 atom stereocenters. The Kier molecular flexibility index (Phi) is 13.3. The zero-order valence-electron chi connectivity index (χ0n) is 30.5. The molecule has 1 spiro atoms. The quantitative estimate of drug-likeness (QED) is 0.0494. The van der Waals surface area contributed by atoms with Gasteiger partial charge in [-0.1, -0.05) is 12.8 Å². The third kappa shape index (κ3) is 8.19. The third-order valence-corrected chi connectivity index (χ3v) is 12.3. The van der Waals surface area contributed by atoms with E-state index in [1.165, 1.54) is 0 Å². The molecular formula is C34H59N7O11+4. The zero-order chi connectivity index (χ0) is 38.2. The highest BCUT2D eigenvalue weighted by Crippen LogP contribution is 2.61. The van der Waals surface area contributed by atoms with Gasteiger partial charge in [0.2, 0.25) is 5.91 Å². The normalized spacial score (nSPS) is 30.2. The molecule has 0 aromatic rings. The Bertz CT molecular complexity index is 1370. The van der Waals surface area contributed by atoms with E-state index in [4.69, 9.17) is 5.11 Å². The third-order valence-electron chi connectivity index (χ3n) is 12.3. The first-order valence-electron chi connectivity index (χ1n) is 18.7. The van der Waals surface area contributed by atoms with Crippen LogP contribution in [0.2, 0.25) is 0 Å². The van der Waals surface area contributed by atoms with Gasteiger partial charge in [-0.2, -0.15) is 8.97 Å². The summed E-state index contributed by atoms with van der Waals surface area (Å²) in [6.07, 6.45) is 4.94. The average Bonchev–Trinajstić information content (AvgIpc) is 3.68. The highest BCUT2D eigenvalue weighted by Gasteiger charge is 2.98.